The molecule has 3 rings (SSSR count). The van der Waals surface area contributed by atoms with Gasteiger partial charge in [-0.15, -0.1) is 0 Å². The Morgan fingerprint density at radius 3 is 2.67 bits per heavy atom. The number of benzene rings is 2. The number of aliphatic hydroxyl groups excluding tert-OH is 1. The van der Waals surface area contributed by atoms with E-state index in [1.165, 1.54) is 11.1 Å². The largest absolute Gasteiger partial charge is 0.395 e. The molecule has 2 aromatic rings. The lowest BCUT2D eigenvalue weighted by Crippen LogP contribution is -2.30. The zero-order valence-corrected chi connectivity index (χ0v) is 14.0. The zero-order valence-electron chi connectivity index (χ0n) is 14.0. The molecule has 0 spiro atoms. The highest BCUT2D eigenvalue weighted by Gasteiger charge is 2.27. The Bertz CT molecular complexity index is 697. The normalized spacial score (nSPS) is 16.2. The summed E-state index contributed by atoms with van der Waals surface area (Å²) in [5.74, 6) is -0.0708. The molecule has 0 saturated heterocycles. The summed E-state index contributed by atoms with van der Waals surface area (Å²) in [4.78, 5) is 14.0. The van der Waals surface area contributed by atoms with E-state index in [1.54, 1.807) is 7.05 Å². The van der Waals surface area contributed by atoms with Gasteiger partial charge in [0.15, 0.2) is 0 Å². The van der Waals surface area contributed by atoms with Gasteiger partial charge < -0.3 is 10.4 Å². The second kappa shape index (κ2) is 7.60. The maximum Gasteiger partial charge on any atom is 0.251 e. The van der Waals surface area contributed by atoms with E-state index in [2.05, 4.69) is 34.5 Å². The summed E-state index contributed by atoms with van der Waals surface area (Å²) in [5.41, 5.74) is 4.62. The molecule has 24 heavy (non-hydrogen) atoms. The summed E-state index contributed by atoms with van der Waals surface area (Å²) in [6.45, 7) is 1.57. The Labute approximate surface area is 143 Å². The van der Waals surface area contributed by atoms with E-state index in [0.717, 1.165) is 24.9 Å². The molecule has 0 radical (unpaired) electrons. The van der Waals surface area contributed by atoms with Crippen LogP contribution in [0.3, 0.4) is 0 Å². The highest BCUT2D eigenvalue weighted by Crippen LogP contribution is 2.36. The Kier molecular flexibility index (Phi) is 5.28. The fraction of sp³-hybridized carbons (Fsp3) is 0.350. The van der Waals surface area contributed by atoms with Crippen molar-refractivity contribution in [2.24, 2.45) is 0 Å². The Balaban J connectivity index is 1.76. The van der Waals surface area contributed by atoms with Gasteiger partial charge in [0.2, 0.25) is 0 Å². The molecule has 0 saturated carbocycles. The molecule has 0 aliphatic heterocycles. The molecule has 0 heterocycles. The van der Waals surface area contributed by atoms with Gasteiger partial charge in [-0.25, -0.2) is 0 Å². The Morgan fingerprint density at radius 1 is 1.21 bits per heavy atom. The quantitative estimate of drug-likeness (QED) is 0.858. The van der Waals surface area contributed by atoms with Gasteiger partial charge in [0, 0.05) is 31.7 Å². The first kappa shape index (κ1) is 16.7. The molecule has 0 aromatic heterocycles. The van der Waals surface area contributed by atoms with Crippen molar-refractivity contribution in [1.29, 1.82) is 0 Å². The van der Waals surface area contributed by atoms with Crippen LogP contribution in [0.4, 0.5) is 0 Å². The Hall–Kier alpha value is -2.17. The van der Waals surface area contributed by atoms with Crippen LogP contribution in [-0.2, 0) is 13.0 Å². The van der Waals surface area contributed by atoms with Crippen LogP contribution >= 0.6 is 0 Å². The number of aliphatic hydroxyl groups is 1. The number of hydrogen-bond acceptors (Lipinski definition) is 3. The van der Waals surface area contributed by atoms with Crippen molar-refractivity contribution in [2.45, 2.75) is 25.4 Å². The van der Waals surface area contributed by atoms with Gasteiger partial charge in [-0.3, -0.25) is 9.69 Å². The summed E-state index contributed by atoms with van der Waals surface area (Å²) in [6, 6.07) is 16.6. The van der Waals surface area contributed by atoms with Crippen LogP contribution in [0.1, 0.15) is 39.5 Å². The number of carbonyl (C=O) groups is 1. The topological polar surface area (TPSA) is 52.6 Å². The molecule has 4 nitrogen and oxygen atoms in total. The molecule has 2 N–H and O–H groups in total. The van der Waals surface area contributed by atoms with Gasteiger partial charge >= 0.3 is 0 Å². The number of nitrogens with zero attached hydrogens (tertiary/aromatic N) is 1. The fourth-order valence-corrected chi connectivity index (χ4v) is 3.53. The van der Waals surface area contributed by atoms with E-state index in [-0.39, 0.29) is 12.5 Å². The molecule has 2 aromatic carbocycles. The lowest BCUT2D eigenvalue weighted by molar-refractivity contribution is 0.0963. The van der Waals surface area contributed by atoms with Crippen molar-refractivity contribution in [3.05, 3.63) is 70.8 Å². The number of amides is 1. The number of nitrogens with one attached hydrogen (secondary N) is 1. The third-order valence-corrected chi connectivity index (χ3v) is 4.76. The first-order valence-corrected chi connectivity index (χ1v) is 8.46. The lowest BCUT2D eigenvalue weighted by Gasteiger charge is -2.29. The number of hydrogen-bond donors (Lipinski definition) is 2. The number of carbonyl (C=O) groups excluding carboxylic acids is 1. The maximum absolute atomic E-state index is 11.6. The maximum atomic E-state index is 11.6. The van der Waals surface area contributed by atoms with E-state index < -0.39 is 0 Å². The zero-order chi connectivity index (χ0) is 16.9. The summed E-state index contributed by atoms with van der Waals surface area (Å²) < 4.78 is 0. The average molecular weight is 324 g/mol. The molecular formula is C20H24N2O2. The van der Waals surface area contributed by atoms with Crippen molar-refractivity contribution in [3.63, 3.8) is 0 Å². The minimum absolute atomic E-state index is 0.0708. The van der Waals surface area contributed by atoms with Crippen molar-refractivity contribution in [2.75, 3.05) is 20.2 Å². The van der Waals surface area contributed by atoms with E-state index >= 15 is 0 Å². The third-order valence-electron chi connectivity index (χ3n) is 4.76. The predicted molar refractivity (Wildman–Crippen MR) is 94.8 cm³/mol. The number of fused-ring (bicyclic) bond motifs is 1. The van der Waals surface area contributed by atoms with Crippen LogP contribution in [0, 0.1) is 0 Å². The summed E-state index contributed by atoms with van der Waals surface area (Å²) in [5, 5.41) is 12.1. The highest BCUT2D eigenvalue weighted by atomic mass is 16.3. The number of rotatable bonds is 6. The smallest absolute Gasteiger partial charge is 0.251 e. The number of aryl methyl sites for hydroxylation is 1. The third kappa shape index (κ3) is 3.50. The summed E-state index contributed by atoms with van der Waals surface area (Å²) >= 11 is 0. The molecule has 126 valence electrons. The van der Waals surface area contributed by atoms with Gasteiger partial charge in [-0.1, -0.05) is 36.4 Å². The predicted octanol–water partition coefficient (Wildman–Crippen LogP) is 2.53. The van der Waals surface area contributed by atoms with Gasteiger partial charge in [-0.2, -0.15) is 0 Å². The summed E-state index contributed by atoms with van der Waals surface area (Å²) in [6.07, 6.45) is 2.19. The summed E-state index contributed by atoms with van der Waals surface area (Å²) in [7, 11) is 1.64. The van der Waals surface area contributed by atoms with Gasteiger partial charge in [0.25, 0.3) is 5.91 Å². The van der Waals surface area contributed by atoms with Crippen LogP contribution < -0.4 is 5.32 Å². The Morgan fingerprint density at radius 2 is 1.96 bits per heavy atom. The van der Waals surface area contributed by atoms with Crippen molar-refractivity contribution in [3.8, 4) is 0 Å². The molecular weight excluding hydrogens is 300 g/mol. The minimum Gasteiger partial charge on any atom is -0.395 e. The first-order chi connectivity index (χ1) is 11.7. The van der Waals surface area contributed by atoms with Crippen molar-refractivity contribution >= 4 is 5.91 Å². The molecule has 1 unspecified atom stereocenters. The van der Waals surface area contributed by atoms with Crippen LogP contribution in [-0.4, -0.2) is 36.1 Å². The lowest BCUT2D eigenvalue weighted by atomic mass is 10.1. The molecule has 1 atom stereocenters. The van der Waals surface area contributed by atoms with Gasteiger partial charge in [0.05, 0.1) is 6.61 Å². The van der Waals surface area contributed by atoms with Gasteiger partial charge in [-0.05, 0) is 41.7 Å². The van der Waals surface area contributed by atoms with Crippen molar-refractivity contribution in [1.82, 2.24) is 10.2 Å². The first-order valence-electron chi connectivity index (χ1n) is 8.46. The van der Waals surface area contributed by atoms with E-state index in [9.17, 15) is 9.90 Å². The SMILES string of the molecule is CNC(=O)c1ccc(CN(CCO)C2CCc3ccccc32)cc1. The van der Waals surface area contributed by atoms with Gasteiger partial charge in [0.1, 0.15) is 0 Å². The fourth-order valence-electron chi connectivity index (χ4n) is 3.53. The molecule has 0 fully saturated rings. The van der Waals surface area contributed by atoms with Crippen molar-refractivity contribution < 1.29 is 9.90 Å². The van der Waals surface area contributed by atoms with Crippen LogP contribution in [0.15, 0.2) is 48.5 Å². The van der Waals surface area contributed by atoms with E-state index in [1.807, 2.05) is 24.3 Å². The standard InChI is InChI=1S/C20H24N2O2/c1-21-20(24)17-8-6-15(7-9-17)14-22(12-13-23)19-11-10-16-4-2-3-5-18(16)19/h2-9,19,23H,10-14H2,1H3,(H,21,24). The minimum atomic E-state index is -0.0708. The second-order valence-corrected chi connectivity index (χ2v) is 6.22. The molecule has 1 amide bonds. The van der Waals surface area contributed by atoms with Crippen LogP contribution in [0.25, 0.3) is 0 Å². The second-order valence-electron chi connectivity index (χ2n) is 6.22. The molecule has 0 bridgehead atoms. The molecule has 4 heteroatoms. The van der Waals surface area contributed by atoms with E-state index in [4.69, 9.17) is 0 Å². The van der Waals surface area contributed by atoms with Crippen LogP contribution in [0.2, 0.25) is 0 Å². The van der Waals surface area contributed by atoms with Crippen LogP contribution in [0.5, 0.6) is 0 Å². The monoisotopic (exact) mass is 324 g/mol. The highest BCUT2D eigenvalue weighted by molar-refractivity contribution is 5.93. The molecule has 1 aliphatic carbocycles. The van der Waals surface area contributed by atoms with E-state index in [0.29, 0.717) is 18.2 Å². The average Bonchev–Trinajstić information content (AvgIpc) is 3.05. The molecule has 1 aliphatic rings.